The van der Waals surface area contributed by atoms with Crippen molar-refractivity contribution in [1.29, 1.82) is 0 Å². The number of aliphatic hydroxyl groups excluding tert-OH is 1. The van der Waals surface area contributed by atoms with E-state index in [4.69, 9.17) is 11.6 Å². The lowest BCUT2D eigenvalue weighted by atomic mass is 10.1. The van der Waals surface area contributed by atoms with Gasteiger partial charge in [0.2, 0.25) is 0 Å². The number of hydrogen-bond donors (Lipinski definition) is 1. The van der Waals surface area contributed by atoms with Crippen LogP contribution in [0.5, 0.6) is 0 Å². The highest BCUT2D eigenvalue weighted by Crippen LogP contribution is 2.31. The van der Waals surface area contributed by atoms with E-state index in [0.29, 0.717) is 23.8 Å². The Hall–Kier alpha value is -1.59. The number of rotatable bonds is 5. The van der Waals surface area contributed by atoms with Gasteiger partial charge in [0.15, 0.2) is 5.82 Å². The zero-order valence-electron chi connectivity index (χ0n) is 13.5. The van der Waals surface area contributed by atoms with Gasteiger partial charge in [0.1, 0.15) is 6.33 Å². The molecule has 0 amide bonds. The quantitative estimate of drug-likeness (QED) is 0.911. The first kappa shape index (κ1) is 16.3. The number of anilines is 1. The Labute approximate surface area is 141 Å². The van der Waals surface area contributed by atoms with E-state index in [0.717, 1.165) is 18.7 Å². The number of hydrogen-bond acceptors (Lipinski definition) is 4. The smallest absolute Gasteiger partial charge is 0.159 e. The third kappa shape index (κ3) is 3.67. The molecule has 1 N–H and O–H groups in total. The Morgan fingerprint density at radius 3 is 2.78 bits per heavy atom. The summed E-state index contributed by atoms with van der Waals surface area (Å²) in [6, 6.07) is 6.08. The molecule has 1 aromatic carbocycles. The van der Waals surface area contributed by atoms with Gasteiger partial charge in [0.05, 0.1) is 17.7 Å². The highest BCUT2D eigenvalue weighted by molar-refractivity contribution is 6.33. The van der Waals surface area contributed by atoms with Crippen LogP contribution in [0.25, 0.3) is 11.4 Å². The van der Waals surface area contributed by atoms with E-state index >= 15 is 0 Å². The fourth-order valence-electron chi connectivity index (χ4n) is 2.97. The van der Waals surface area contributed by atoms with Crippen LogP contribution in [0.1, 0.15) is 32.6 Å². The monoisotopic (exact) mass is 334 g/mol. The van der Waals surface area contributed by atoms with Crippen molar-refractivity contribution < 1.29 is 5.11 Å². The van der Waals surface area contributed by atoms with Crippen molar-refractivity contribution in [2.75, 3.05) is 18.0 Å². The number of benzene rings is 1. The number of aromatic nitrogens is 3. The molecule has 0 spiro atoms. The van der Waals surface area contributed by atoms with Crippen LogP contribution in [0.15, 0.2) is 24.5 Å². The molecule has 2 heterocycles. The molecular weight excluding hydrogens is 312 g/mol. The molecule has 0 aliphatic carbocycles. The molecule has 1 saturated heterocycles. The third-order valence-corrected chi connectivity index (χ3v) is 4.71. The summed E-state index contributed by atoms with van der Waals surface area (Å²) in [5.74, 6) is 0.710. The predicted molar refractivity (Wildman–Crippen MR) is 92.8 cm³/mol. The summed E-state index contributed by atoms with van der Waals surface area (Å²) < 4.78 is 1.73. The van der Waals surface area contributed by atoms with Crippen LogP contribution in [0, 0.1) is 0 Å². The number of aliphatic hydroxyl groups is 1. The number of piperidine rings is 1. The van der Waals surface area contributed by atoms with Crippen molar-refractivity contribution >= 4 is 17.3 Å². The highest BCUT2D eigenvalue weighted by atomic mass is 35.5. The van der Waals surface area contributed by atoms with E-state index in [9.17, 15) is 5.11 Å². The molecule has 1 fully saturated rings. The van der Waals surface area contributed by atoms with Crippen LogP contribution >= 0.6 is 11.6 Å². The van der Waals surface area contributed by atoms with Crippen LogP contribution in [-0.4, -0.2) is 39.1 Å². The molecular formula is C17H23ClN4O. The Morgan fingerprint density at radius 2 is 2.04 bits per heavy atom. The second kappa shape index (κ2) is 7.32. The Bertz CT molecular complexity index is 652. The minimum absolute atomic E-state index is 0.427. The van der Waals surface area contributed by atoms with E-state index in [1.54, 1.807) is 4.68 Å². The molecule has 3 rings (SSSR count). The standard InChI is InChI=1S/C17H23ClN4O/c1-2-14(23)11-22-17(19-12-20-22)15-10-13(6-7-16(15)18)21-8-4-3-5-9-21/h6-7,10,12,14,23H,2-5,8-9,11H2,1H3. The SMILES string of the molecule is CCC(O)Cn1ncnc1-c1cc(N2CCCCC2)ccc1Cl. The molecule has 1 aromatic heterocycles. The van der Waals surface area contributed by atoms with Crippen molar-refractivity contribution in [2.24, 2.45) is 0 Å². The van der Waals surface area contributed by atoms with E-state index in [-0.39, 0.29) is 0 Å². The van der Waals surface area contributed by atoms with Gasteiger partial charge >= 0.3 is 0 Å². The first-order chi connectivity index (χ1) is 11.2. The van der Waals surface area contributed by atoms with Gasteiger partial charge in [0, 0.05) is 24.3 Å². The van der Waals surface area contributed by atoms with Crippen LogP contribution in [0.3, 0.4) is 0 Å². The van der Waals surface area contributed by atoms with Gasteiger partial charge in [-0.2, -0.15) is 5.10 Å². The summed E-state index contributed by atoms with van der Waals surface area (Å²) in [4.78, 5) is 6.75. The van der Waals surface area contributed by atoms with Crippen molar-refractivity contribution in [3.05, 3.63) is 29.5 Å². The van der Waals surface area contributed by atoms with Crippen LogP contribution in [0.4, 0.5) is 5.69 Å². The van der Waals surface area contributed by atoms with Crippen molar-refractivity contribution in [2.45, 2.75) is 45.3 Å². The summed E-state index contributed by atoms with van der Waals surface area (Å²) in [7, 11) is 0. The first-order valence-corrected chi connectivity index (χ1v) is 8.67. The second-order valence-electron chi connectivity index (χ2n) is 6.04. The van der Waals surface area contributed by atoms with Gasteiger partial charge in [-0.15, -0.1) is 0 Å². The maximum Gasteiger partial charge on any atom is 0.159 e. The van der Waals surface area contributed by atoms with Crippen LogP contribution in [-0.2, 0) is 6.54 Å². The van der Waals surface area contributed by atoms with Crippen LogP contribution in [0.2, 0.25) is 5.02 Å². The summed E-state index contributed by atoms with van der Waals surface area (Å²) >= 11 is 6.41. The Morgan fingerprint density at radius 1 is 1.26 bits per heavy atom. The third-order valence-electron chi connectivity index (χ3n) is 4.38. The lowest BCUT2D eigenvalue weighted by Crippen LogP contribution is -2.29. The summed E-state index contributed by atoms with van der Waals surface area (Å²) in [5.41, 5.74) is 2.05. The van der Waals surface area contributed by atoms with Gasteiger partial charge in [0.25, 0.3) is 0 Å². The molecule has 0 radical (unpaired) electrons. The van der Waals surface area contributed by atoms with Crippen molar-refractivity contribution in [1.82, 2.24) is 14.8 Å². The lowest BCUT2D eigenvalue weighted by molar-refractivity contribution is 0.146. The molecule has 1 atom stereocenters. The zero-order chi connectivity index (χ0) is 16.2. The van der Waals surface area contributed by atoms with Crippen LogP contribution < -0.4 is 4.90 Å². The van der Waals surface area contributed by atoms with E-state index in [2.05, 4.69) is 27.1 Å². The molecule has 2 aromatic rings. The minimum atomic E-state index is -0.431. The summed E-state index contributed by atoms with van der Waals surface area (Å²) in [6.45, 7) is 4.55. The summed E-state index contributed by atoms with van der Waals surface area (Å²) in [6.07, 6.45) is 5.54. The zero-order valence-corrected chi connectivity index (χ0v) is 14.2. The van der Waals surface area contributed by atoms with Gasteiger partial charge in [-0.25, -0.2) is 9.67 Å². The van der Waals surface area contributed by atoms with Crippen molar-refractivity contribution in [3.63, 3.8) is 0 Å². The Balaban J connectivity index is 1.91. The number of halogens is 1. The molecule has 23 heavy (non-hydrogen) atoms. The van der Waals surface area contributed by atoms with Crippen molar-refractivity contribution in [3.8, 4) is 11.4 Å². The molecule has 1 unspecified atom stereocenters. The fourth-order valence-corrected chi connectivity index (χ4v) is 3.17. The maximum absolute atomic E-state index is 9.90. The van der Waals surface area contributed by atoms with Gasteiger partial charge in [-0.05, 0) is 43.9 Å². The van der Waals surface area contributed by atoms with Gasteiger partial charge < -0.3 is 10.0 Å². The minimum Gasteiger partial charge on any atom is -0.391 e. The summed E-state index contributed by atoms with van der Waals surface area (Å²) in [5, 5.41) is 14.8. The average Bonchev–Trinajstić information content (AvgIpc) is 3.04. The van der Waals surface area contributed by atoms with Gasteiger partial charge in [-0.3, -0.25) is 0 Å². The molecule has 0 bridgehead atoms. The molecule has 1 aliphatic heterocycles. The highest BCUT2D eigenvalue weighted by Gasteiger charge is 2.17. The van der Waals surface area contributed by atoms with E-state index in [1.165, 1.54) is 31.3 Å². The van der Waals surface area contributed by atoms with E-state index < -0.39 is 6.10 Å². The topological polar surface area (TPSA) is 54.2 Å². The Kier molecular flexibility index (Phi) is 5.18. The molecule has 0 saturated carbocycles. The second-order valence-corrected chi connectivity index (χ2v) is 6.45. The molecule has 124 valence electrons. The van der Waals surface area contributed by atoms with Gasteiger partial charge in [-0.1, -0.05) is 18.5 Å². The number of nitrogens with zero attached hydrogens (tertiary/aromatic N) is 4. The largest absolute Gasteiger partial charge is 0.391 e. The first-order valence-electron chi connectivity index (χ1n) is 8.29. The normalized spacial score (nSPS) is 16.6. The lowest BCUT2D eigenvalue weighted by Gasteiger charge is -2.29. The molecule has 1 aliphatic rings. The average molecular weight is 335 g/mol. The molecule has 5 nitrogen and oxygen atoms in total. The predicted octanol–water partition coefficient (Wildman–Crippen LogP) is 3.36. The molecule has 6 heteroatoms. The maximum atomic E-state index is 9.90. The fraction of sp³-hybridized carbons (Fsp3) is 0.529. The van der Waals surface area contributed by atoms with E-state index in [1.807, 2.05) is 13.0 Å².